The molecule has 0 aromatic rings. The molecule has 0 amide bonds. The molecule has 0 aliphatic heterocycles. The molecule has 1 unspecified atom stereocenters. The Kier molecular flexibility index (Phi) is 6.82. The Morgan fingerprint density at radius 2 is 1.90 bits per heavy atom. The molecule has 118 valence electrons. The Balaban J connectivity index is 2.39. The molecule has 1 aliphatic rings. The summed E-state index contributed by atoms with van der Waals surface area (Å²) >= 11 is -1.03. The SMILES string of the molecule is CCOC(=O)C1CCC(C(C)N[S@+]([O-])C(C)(C)C)CC1. The van der Waals surface area contributed by atoms with E-state index in [4.69, 9.17) is 4.74 Å². The average molecular weight is 303 g/mol. The molecule has 1 aliphatic carbocycles. The molecule has 4 nitrogen and oxygen atoms in total. The molecule has 0 saturated heterocycles. The van der Waals surface area contributed by atoms with Gasteiger partial charge < -0.3 is 9.29 Å². The molecule has 5 heteroatoms. The molecule has 0 aromatic carbocycles. The lowest BCUT2D eigenvalue weighted by Crippen LogP contribution is -2.47. The highest BCUT2D eigenvalue weighted by Crippen LogP contribution is 2.32. The fraction of sp³-hybridized carbons (Fsp3) is 0.933. The van der Waals surface area contributed by atoms with Crippen LogP contribution in [-0.2, 0) is 20.9 Å². The Hall–Kier alpha value is -0.260. The van der Waals surface area contributed by atoms with Crippen molar-refractivity contribution in [3.63, 3.8) is 0 Å². The van der Waals surface area contributed by atoms with Gasteiger partial charge in [-0.05, 0) is 66.2 Å². The molecule has 2 atom stereocenters. The second kappa shape index (κ2) is 7.66. The summed E-state index contributed by atoms with van der Waals surface area (Å²) < 4.78 is 20.2. The Labute approximate surface area is 126 Å². The van der Waals surface area contributed by atoms with Crippen LogP contribution in [0.25, 0.3) is 0 Å². The van der Waals surface area contributed by atoms with Gasteiger partial charge in [-0.15, -0.1) is 4.72 Å². The summed E-state index contributed by atoms with van der Waals surface area (Å²) in [6.45, 7) is 10.3. The minimum atomic E-state index is -1.03. The lowest BCUT2D eigenvalue weighted by atomic mass is 9.79. The molecule has 1 saturated carbocycles. The van der Waals surface area contributed by atoms with Crippen molar-refractivity contribution in [2.75, 3.05) is 6.61 Å². The number of esters is 1. The summed E-state index contributed by atoms with van der Waals surface area (Å²) in [4.78, 5) is 11.7. The van der Waals surface area contributed by atoms with Crippen LogP contribution < -0.4 is 4.72 Å². The van der Waals surface area contributed by atoms with Crippen LogP contribution in [0.1, 0.15) is 60.3 Å². The maximum Gasteiger partial charge on any atom is 0.308 e. The molecule has 1 N–H and O–H groups in total. The molecular weight excluding hydrogens is 274 g/mol. The van der Waals surface area contributed by atoms with Crippen molar-refractivity contribution < 1.29 is 14.1 Å². The highest BCUT2D eigenvalue weighted by Gasteiger charge is 2.34. The molecule has 0 spiro atoms. The third-order valence-electron chi connectivity index (χ3n) is 3.95. The maximum atomic E-state index is 12.1. The molecular formula is C15H29NO3S. The molecule has 20 heavy (non-hydrogen) atoms. The van der Waals surface area contributed by atoms with Crippen molar-refractivity contribution in [3.8, 4) is 0 Å². The van der Waals surface area contributed by atoms with Gasteiger partial charge in [-0.3, -0.25) is 4.79 Å². The predicted octanol–water partition coefficient (Wildman–Crippen LogP) is 2.80. The standard InChI is InChI=1S/C15H29NO3S/c1-6-19-14(17)13-9-7-12(8-10-13)11(2)16-20(18)15(3,4)5/h11-13,16H,6-10H2,1-5H3/t11?,12?,13?,20-/m1/s1. The minimum Gasteiger partial charge on any atom is -0.598 e. The molecule has 0 bridgehead atoms. The highest BCUT2D eigenvalue weighted by atomic mass is 32.2. The molecule has 1 fully saturated rings. The van der Waals surface area contributed by atoms with Gasteiger partial charge in [0.15, 0.2) is 0 Å². The molecule has 1 rings (SSSR count). The number of carbonyl (C=O) groups is 1. The minimum absolute atomic E-state index is 0.0511. The van der Waals surface area contributed by atoms with Crippen LogP contribution in [0.3, 0.4) is 0 Å². The topological polar surface area (TPSA) is 61.4 Å². The van der Waals surface area contributed by atoms with E-state index in [-0.39, 0.29) is 22.7 Å². The van der Waals surface area contributed by atoms with E-state index in [0.717, 1.165) is 25.7 Å². The molecule has 0 radical (unpaired) electrons. The van der Waals surface area contributed by atoms with E-state index < -0.39 is 11.4 Å². The van der Waals surface area contributed by atoms with Crippen LogP contribution in [0.2, 0.25) is 0 Å². The smallest absolute Gasteiger partial charge is 0.308 e. The fourth-order valence-electron chi connectivity index (χ4n) is 2.56. The summed E-state index contributed by atoms with van der Waals surface area (Å²) in [5.41, 5.74) is 0. The average Bonchev–Trinajstić information content (AvgIpc) is 2.38. The maximum absolute atomic E-state index is 12.1. The first kappa shape index (κ1) is 17.8. The van der Waals surface area contributed by atoms with Gasteiger partial charge in [0.1, 0.15) is 4.75 Å². The Bertz CT molecular complexity index is 309. The van der Waals surface area contributed by atoms with Gasteiger partial charge in [-0.1, -0.05) is 0 Å². The first-order chi connectivity index (χ1) is 9.25. The van der Waals surface area contributed by atoms with Crippen molar-refractivity contribution in [1.82, 2.24) is 4.72 Å². The summed E-state index contributed by atoms with van der Waals surface area (Å²) in [7, 11) is 0. The van der Waals surface area contributed by atoms with Crippen molar-refractivity contribution in [3.05, 3.63) is 0 Å². The van der Waals surface area contributed by atoms with Gasteiger partial charge >= 0.3 is 5.97 Å². The first-order valence-corrected chi connectivity index (χ1v) is 8.75. The second-order valence-electron chi connectivity index (χ2n) is 6.65. The molecule has 0 heterocycles. The van der Waals surface area contributed by atoms with Gasteiger partial charge in [0.2, 0.25) is 0 Å². The third-order valence-corrected chi connectivity index (χ3v) is 5.65. The van der Waals surface area contributed by atoms with Crippen molar-refractivity contribution >= 4 is 17.3 Å². The van der Waals surface area contributed by atoms with Crippen LogP contribution >= 0.6 is 0 Å². The van der Waals surface area contributed by atoms with Crippen LogP contribution in [0.5, 0.6) is 0 Å². The first-order valence-electron chi connectivity index (χ1n) is 7.60. The Morgan fingerprint density at radius 3 is 2.35 bits per heavy atom. The van der Waals surface area contributed by atoms with E-state index in [0.29, 0.717) is 12.5 Å². The van der Waals surface area contributed by atoms with Crippen molar-refractivity contribution in [1.29, 1.82) is 0 Å². The summed E-state index contributed by atoms with van der Waals surface area (Å²) in [6.07, 6.45) is 3.77. The van der Waals surface area contributed by atoms with E-state index in [9.17, 15) is 9.35 Å². The largest absolute Gasteiger partial charge is 0.598 e. The summed E-state index contributed by atoms with van der Waals surface area (Å²) in [5, 5.41) is 0. The molecule has 0 aromatic heterocycles. The van der Waals surface area contributed by atoms with Crippen LogP contribution in [0, 0.1) is 11.8 Å². The zero-order valence-corrected chi connectivity index (χ0v) is 14.2. The highest BCUT2D eigenvalue weighted by molar-refractivity contribution is 7.90. The number of nitrogens with one attached hydrogen (secondary N) is 1. The normalized spacial score (nSPS) is 26.9. The lowest BCUT2D eigenvalue weighted by molar-refractivity contribution is -0.149. The number of hydrogen-bond donors (Lipinski definition) is 1. The second-order valence-corrected chi connectivity index (χ2v) is 8.65. The number of hydrogen-bond acceptors (Lipinski definition) is 4. The number of rotatable bonds is 5. The number of carbonyl (C=O) groups excluding carboxylic acids is 1. The van der Waals surface area contributed by atoms with E-state index in [2.05, 4.69) is 11.6 Å². The van der Waals surface area contributed by atoms with Crippen LogP contribution in [0.4, 0.5) is 0 Å². The van der Waals surface area contributed by atoms with Crippen molar-refractivity contribution in [2.24, 2.45) is 11.8 Å². The van der Waals surface area contributed by atoms with E-state index in [1.165, 1.54) is 0 Å². The van der Waals surface area contributed by atoms with Gasteiger partial charge in [-0.25, -0.2) is 0 Å². The quantitative estimate of drug-likeness (QED) is 0.626. The fourth-order valence-corrected chi connectivity index (χ4v) is 3.44. The van der Waals surface area contributed by atoms with Crippen LogP contribution in [-0.4, -0.2) is 27.9 Å². The zero-order valence-electron chi connectivity index (χ0n) is 13.4. The third kappa shape index (κ3) is 5.26. The van der Waals surface area contributed by atoms with Gasteiger partial charge in [0, 0.05) is 11.4 Å². The zero-order chi connectivity index (χ0) is 15.3. The van der Waals surface area contributed by atoms with Gasteiger partial charge in [0.05, 0.1) is 18.6 Å². The summed E-state index contributed by atoms with van der Waals surface area (Å²) in [6, 6.07) is 0.221. The lowest BCUT2D eigenvalue weighted by Gasteiger charge is -2.33. The van der Waals surface area contributed by atoms with Gasteiger partial charge in [0.25, 0.3) is 0 Å². The Morgan fingerprint density at radius 1 is 1.35 bits per heavy atom. The van der Waals surface area contributed by atoms with Crippen molar-refractivity contribution in [2.45, 2.75) is 71.1 Å². The van der Waals surface area contributed by atoms with E-state index in [1.54, 1.807) is 0 Å². The number of ether oxygens (including phenoxy) is 1. The predicted molar refractivity (Wildman–Crippen MR) is 82.6 cm³/mol. The monoisotopic (exact) mass is 303 g/mol. The van der Waals surface area contributed by atoms with E-state index in [1.807, 2.05) is 27.7 Å². The van der Waals surface area contributed by atoms with Gasteiger partial charge in [-0.2, -0.15) is 0 Å². The summed E-state index contributed by atoms with van der Waals surface area (Å²) in [5.74, 6) is 0.503. The van der Waals surface area contributed by atoms with Crippen LogP contribution in [0.15, 0.2) is 0 Å². The van der Waals surface area contributed by atoms with E-state index >= 15 is 0 Å².